The van der Waals surface area contributed by atoms with E-state index in [1.165, 1.54) is 16.7 Å². The number of thiophene rings is 1. The van der Waals surface area contributed by atoms with E-state index in [1.807, 2.05) is 6.07 Å². The van der Waals surface area contributed by atoms with E-state index in [0.717, 1.165) is 38.3 Å². The number of rotatable bonds is 9. The summed E-state index contributed by atoms with van der Waals surface area (Å²) >= 11 is 1.70. The van der Waals surface area contributed by atoms with Gasteiger partial charge in [-0.25, -0.2) is 4.79 Å². The maximum absolute atomic E-state index is 12.2. The first-order valence-electron chi connectivity index (χ1n) is 9.73. The highest BCUT2D eigenvalue weighted by Crippen LogP contribution is 2.26. The van der Waals surface area contributed by atoms with E-state index in [1.54, 1.807) is 11.3 Å². The first kappa shape index (κ1) is 19.7. The van der Waals surface area contributed by atoms with Crippen LogP contribution in [0.3, 0.4) is 0 Å². The minimum absolute atomic E-state index is 0.105. The predicted molar refractivity (Wildman–Crippen MR) is 111 cm³/mol. The summed E-state index contributed by atoms with van der Waals surface area (Å²) in [5.74, 6) is 1.00. The molecule has 1 aliphatic rings. The Morgan fingerprint density at radius 2 is 2.11 bits per heavy atom. The Morgan fingerprint density at radius 3 is 2.85 bits per heavy atom. The molecule has 0 bridgehead atoms. The van der Waals surface area contributed by atoms with Gasteiger partial charge in [0.15, 0.2) is 0 Å². The molecule has 1 aliphatic heterocycles. The summed E-state index contributed by atoms with van der Waals surface area (Å²) in [6, 6.07) is 8.56. The molecule has 1 atom stereocenters. The molecule has 2 N–H and O–H groups in total. The Balaban J connectivity index is 1.45. The number of carbonyl (C=O) groups excluding carboxylic acids is 1. The van der Waals surface area contributed by atoms with Crippen LogP contribution in [0.25, 0.3) is 0 Å². The fraction of sp³-hybridized carbons (Fsp3) is 0.476. The lowest BCUT2D eigenvalue weighted by Crippen LogP contribution is -2.42. The van der Waals surface area contributed by atoms with Crippen LogP contribution in [-0.4, -0.2) is 43.7 Å². The van der Waals surface area contributed by atoms with E-state index in [0.29, 0.717) is 13.1 Å². The van der Waals surface area contributed by atoms with Gasteiger partial charge < -0.3 is 15.4 Å². The molecule has 0 radical (unpaired) electrons. The van der Waals surface area contributed by atoms with Crippen molar-refractivity contribution < 1.29 is 9.53 Å². The van der Waals surface area contributed by atoms with Crippen molar-refractivity contribution in [3.63, 3.8) is 0 Å². The van der Waals surface area contributed by atoms with Crippen molar-refractivity contribution in [2.45, 2.75) is 32.7 Å². The van der Waals surface area contributed by atoms with Gasteiger partial charge in [0, 0.05) is 19.5 Å². The smallest absolute Gasteiger partial charge is 0.314 e. The molecule has 6 heteroatoms. The first-order chi connectivity index (χ1) is 13.2. The number of likely N-dealkylation sites (N-methyl/N-ethyl adjacent to an activating group) is 1. The van der Waals surface area contributed by atoms with E-state index >= 15 is 0 Å². The lowest BCUT2D eigenvalue weighted by Gasteiger charge is -2.29. The van der Waals surface area contributed by atoms with Crippen LogP contribution in [0.4, 0.5) is 4.79 Å². The molecule has 1 unspecified atom stereocenters. The number of nitrogens with one attached hydrogen (secondary N) is 2. The van der Waals surface area contributed by atoms with Crippen LogP contribution < -0.4 is 15.4 Å². The van der Waals surface area contributed by atoms with E-state index < -0.39 is 0 Å². The largest absolute Gasteiger partial charge is 0.493 e. The van der Waals surface area contributed by atoms with Gasteiger partial charge in [0.25, 0.3) is 0 Å². The lowest BCUT2D eigenvalue weighted by atomic mass is 10.1. The number of ether oxygens (including phenoxy) is 1. The lowest BCUT2D eigenvalue weighted by molar-refractivity contribution is 0.206. The highest BCUT2D eigenvalue weighted by atomic mass is 32.1. The van der Waals surface area contributed by atoms with Crippen LogP contribution in [0, 0.1) is 0 Å². The second-order valence-electron chi connectivity index (χ2n) is 6.72. The van der Waals surface area contributed by atoms with Crippen LogP contribution in [-0.2, 0) is 12.8 Å². The van der Waals surface area contributed by atoms with Gasteiger partial charge in [-0.1, -0.05) is 26.0 Å². The normalized spacial score (nSPS) is 13.9. The second kappa shape index (κ2) is 9.76. The summed E-state index contributed by atoms with van der Waals surface area (Å²) in [5, 5.41) is 10.3. The quantitative estimate of drug-likeness (QED) is 0.691. The zero-order valence-corrected chi connectivity index (χ0v) is 17.0. The number of hydrogen-bond donors (Lipinski definition) is 2. The minimum Gasteiger partial charge on any atom is -0.493 e. The number of hydrogen-bond acceptors (Lipinski definition) is 4. The average Bonchev–Trinajstić information content (AvgIpc) is 3.36. The van der Waals surface area contributed by atoms with Crippen LogP contribution in [0.2, 0.25) is 0 Å². The third-order valence-electron chi connectivity index (χ3n) is 5.09. The fourth-order valence-corrected chi connectivity index (χ4v) is 4.26. The van der Waals surface area contributed by atoms with Gasteiger partial charge in [0.05, 0.1) is 12.6 Å². The van der Waals surface area contributed by atoms with Crippen molar-refractivity contribution >= 4 is 17.4 Å². The van der Waals surface area contributed by atoms with Crippen molar-refractivity contribution in [3.05, 3.63) is 51.7 Å². The Morgan fingerprint density at radius 1 is 1.26 bits per heavy atom. The predicted octanol–water partition coefficient (Wildman–Crippen LogP) is 3.61. The molecule has 5 nitrogen and oxygen atoms in total. The summed E-state index contributed by atoms with van der Waals surface area (Å²) in [7, 11) is 0. The molecular weight excluding hydrogens is 358 g/mol. The van der Waals surface area contributed by atoms with Gasteiger partial charge >= 0.3 is 6.03 Å². The summed E-state index contributed by atoms with van der Waals surface area (Å²) in [6.45, 7) is 8.25. The maximum Gasteiger partial charge on any atom is 0.314 e. The molecule has 0 fully saturated rings. The summed E-state index contributed by atoms with van der Waals surface area (Å²) in [5.41, 5.74) is 3.78. The van der Waals surface area contributed by atoms with Gasteiger partial charge in [0.2, 0.25) is 0 Å². The molecule has 1 aromatic carbocycles. The Hall–Kier alpha value is -2.05. The minimum atomic E-state index is -0.105. The molecule has 3 rings (SSSR count). The number of fused-ring (bicyclic) bond motifs is 1. The molecule has 0 saturated carbocycles. The zero-order chi connectivity index (χ0) is 19.1. The van der Waals surface area contributed by atoms with Crippen molar-refractivity contribution in [1.82, 2.24) is 15.5 Å². The molecule has 2 aromatic rings. The number of amides is 2. The molecule has 2 amide bonds. The number of benzene rings is 1. The monoisotopic (exact) mass is 387 g/mol. The molecular formula is C21H29N3O2S. The first-order valence-corrected chi connectivity index (χ1v) is 10.7. The van der Waals surface area contributed by atoms with Crippen molar-refractivity contribution in [2.24, 2.45) is 0 Å². The number of urea groups is 1. The van der Waals surface area contributed by atoms with Crippen LogP contribution >= 0.6 is 11.3 Å². The van der Waals surface area contributed by atoms with Gasteiger partial charge in [-0.3, -0.25) is 4.90 Å². The van der Waals surface area contributed by atoms with Gasteiger partial charge in [-0.15, -0.1) is 0 Å². The van der Waals surface area contributed by atoms with Gasteiger partial charge in [0.1, 0.15) is 5.75 Å². The highest BCUT2D eigenvalue weighted by Gasteiger charge is 2.19. The average molecular weight is 388 g/mol. The van der Waals surface area contributed by atoms with Gasteiger partial charge in [-0.05, 0) is 59.1 Å². The van der Waals surface area contributed by atoms with Crippen LogP contribution in [0.5, 0.6) is 5.75 Å². The van der Waals surface area contributed by atoms with E-state index in [9.17, 15) is 4.79 Å². The van der Waals surface area contributed by atoms with Crippen molar-refractivity contribution in [1.29, 1.82) is 0 Å². The second-order valence-corrected chi connectivity index (χ2v) is 7.50. The standard InChI is InChI=1S/C21H29N3O2S/c1-3-24(4-2)19(18-9-12-27-15-18)14-23-21(25)22-10-7-16-5-6-20-17(13-16)8-11-26-20/h5-6,9,12-13,15,19H,3-4,7-8,10-11,14H2,1-2H3,(H2,22,23,25). The van der Waals surface area contributed by atoms with E-state index in [4.69, 9.17) is 4.74 Å². The summed E-state index contributed by atoms with van der Waals surface area (Å²) in [6.07, 6.45) is 1.80. The highest BCUT2D eigenvalue weighted by molar-refractivity contribution is 7.07. The summed E-state index contributed by atoms with van der Waals surface area (Å²) < 4.78 is 5.54. The van der Waals surface area contributed by atoms with Crippen LogP contribution in [0.15, 0.2) is 35.0 Å². The number of carbonyl (C=O) groups is 1. The molecule has 0 spiro atoms. The van der Waals surface area contributed by atoms with E-state index in [2.05, 4.69) is 58.3 Å². The maximum atomic E-state index is 12.2. The number of nitrogens with zero attached hydrogens (tertiary/aromatic N) is 1. The zero-order valence-electron chi connectivity index (χ0n) is 16.2. The van der Waals surface area contributed by atoms with Crippen molar-refractivity contribution in [3.8, 4) is 5.75 Å². The topological polar surface area (TPSA) is 53.6 Å². The third kappa shape index (κ3) is 5.23. The molecule has 2 heterocycles. The molecule has 1 aromatic heterocycles. The van der Waals surface area contributed by atoms with Crippen molar-refractivity contribution in [2.75, 3.05) is 32.8 Å². The molecule has 0 saturated heterocycles. The third-order valence-corrected chi connectivity index (χ3v) is 5.79. The Kier molecular flexibility index (Phi) is 7.12. The van der Waals surface area contributed by atoms with Gasteiger partial charge in [-0.2, -0.15) is 11.3 Å². The fourth-order valence-electron chi connectivity index (χ4n) is 3.55. The molecule has 0 aliphatic carbocycles. The SMILES string of the molecule is CCN(CC)C(CNC(=O)NCCc1ccc2c(c1)CCO2)c1ccsc1. The molecule has 27 heavy (non-hydrogen) atoms. The Labute approximate surface area is 165 Å². The van der Waals surface area contributed by atoms with E-state index in [-0.39, 0.29) is 12.1 Å². The molecule has 146 valence electrons. The summed E-state index contributed by atoms with van der Waals surface area (Å²) in [4.78, 5) is 14.6. The Bertz CT molecular complexity index is 729. The van der Waals surface area contributed by atoms with Crippen LogP contribution in [0.1, 0.15) is 36.6 Å².